The first kappa shape index (κ1) is 14.4. The molecule has 8 heteroatoms. The minimum Gasteiger partial charge on any atom is -0.544 e. The van der Waals surface area contributed by atoms with Crippen molar-refractivity contribution in [3.8, 4) is 0 Å². The van der Waals surface area contributed by atoms with Gasteiger partial charge in [-0.25, -0.2) is 4.79 Å². The monoisotopic (exact) mass is 331 g/mol. The number of rotatable bonds is 5. The third-order valence-electron chi connectivity index (χ3n) is 2.04. The van der Waals surface area contributed by atoms with Crippen molar-refractivity contribution in [3.05, 3.63) is 32.6 Å². The molecule has 2 aromatic heterocycles. The van der Waals surface area contributed by atoms with Gasteiger partial charge in [0.25, 0.3) is 0 Å². The van der Waals surface area contributed by atoms with E-state index in [0.717, 1.165) is 16.2 Å². The number of carbonyl (C=O) groups is 2. The van der Waals surface area contributed by atoms with E-state index in [-0.39, 0.29) is 10.8 Å². The topological polar surface area (TPSA) is 66.4 Å². The zero-order chi connectivity index (χ0) is 13.8. The van der Waals surface area contributed by atoms with Crippen LogP contribution in [0.4, 0.5) is 0 Å². The SMILES string of the molecule is COC(=O)c1sccc1SSc1ccsc1C(=O)[O-]. The molecule has 2 aromatic rings. The van der Waals surface area contributed by atoms with E-state index < -0.39 is 5.97 Å². The summed E-state index contributed by atoms with van der Waals surface area (Å²) in [6.45, 7) is 0. The highest BCUT2D eigenvalue weighted by Gasteiger charge is 2.15. The van der Waals surface area contributed by atoms with E-state index in [1.807, 2.05) is 0 Å². The van der Waals surface area contributed by atoms with Crippen LogP contribution in [0.2, 0.25) is 0 Å². The van der Waals surface area contributed by atoms with Gasteiger partial charge in [0.05, 0.1) is 18.0 Å². The van der Waals surface area contributed by atoms with Crippen molar-refractivity contribution >= 4 is 56.2 Å². The van der Waals surface area contributed by atoms with Gasteiger partial charge in [-0.2, -0.15) is 0 Å². The van der Waals surface area contributed by atoms with Crippen LogP contribution in [0.5, 0.6) is 0 Å². The molecular weight excluding hydrogens is 324 g/mol. The number of thiophene rings is 2. The van der Waals surface area contributed by atoms with Crippen LogP contribution in [0.25, 0.3) is 0 Å². The number of ether oxygens (including phenoxy) is 1. The predicted octanol–water partition coefficient (Wildman–Crippen LogP) is 2.76. The Hall–Kier alpha value is -0.960. The van der Waals surface area contributed by atoms with Gasteiger partial charge in [0.1, 0.15) is 4.88 Å². The summed E-state index contributed by atoms with van der Waals surface area (Å²) in [7, 11) is 3.95. The van der Waals surface area contributed by atoms with Gasteiger partial charge in [-0.3, -0.25) is 0 Å². The van der Waals surface area contributed by atoms with Crippen molar-refractivity contribution in [2.45, 2.75) is 9.79 Å². The summed E-state index contributed by atoms with van der Waals surface area (Å²) in [5.74, 6) is -1.57. The minimum absolute atomic E-state index is 0.201. The molecule has 0 saturated carbocycles. The van der Waals surface area contributed by atoms with Crippen molar-refractivity contribution in [2.75, 3.05) is 7.11 Å². The lowest BCUT2D eigenvalue weighted by atomic mass is 10.5. The Morgan fingerprint density at radius 2 is 1.63 bits per heavy atom. The zero-order valence-electron chi connectivity index (χ0n) is 9.58. The van der Waals surface area contributed by atoms with Crippen LogP contribution in [0, 0.1) is 0 Å². The summed E-state index contributed by atoms with van der Waals surface area (Å²) in [6.07, 6.45) is 0. The molecule has 2 rings (SSSR count). The van der Waals surface area contributed by atoms with E-state index in [4.69, 9.17) is 0 Å². The Labute approximate surface area is 125 Å². The molecule has 0 radical (unpaired) electrons. The lowest BCUT2D eigenvalue weighted by Gasteiger charge is -2.04. The molecule has 0 aliphatic heterocycles. The Morgan fingerprint density at radius 1 is 1.11 bits per heavy atom. The third kappa shape index (κ3) is 3.33. The average molecular weight is 331 g/mol. The highest BCUT2D eigenvalue weighted by Crippen LogP contribution is 2.43. The molecule has 2 heterocycles. The molecule has 0 unspecified atom stereocenters. The van der Waals surface area contributed by atoms with E-state index in [9.17, 15) is 14.7 Å². The molecule has 0 bridgehead atoms. The number of carboxylic acid groups (broad SMARTS) is 1. The highest BCUT2D eigenvalue weighted by atomic mass is 33.1. The third-order valence-corrected chi connectivity index (χ3v) is 6.53. The molecule has 0 fully saturated rings. The molecule has 19 heavy (non-hydrogen) atoms. The molecule has 0 N–H and O–H groups in total. The summed E-state index contributed by atoms with van der Waals surface area (Å²) in [6, 6.07) is 3.53. The van der Waals surface area contributed by atoms with Crippen molar-refractivity contribution < 1.29 is 19.4 Å². The number of hydrogen-bond donors (Lipinski definition) is 0. The van der Waals surface area contributed by atoms with Crippen molar-refractivity contribution in [1.29, 1.82) is 0 Å². The minimum atomic E-state index is -1.18. The summed E-state index contributed by atoms with van der Waals surface area (Å²) in [5.41, 5.74) is 0. The van der Waals surface area contributed by atoms with Gasteiger partial charge in [-0.15, -0.1) is 22.7 Å². The Kier molecular flexibility index (Phi) is 4.92. The number of carbonyl (C=O) groups excluding carboxylic acids is 2. The summed E-state index contributed by atoms with van der Waals surface area (Å²) < 4.78 is 4.68. The molecule has 0 aromatic carbocycles. The van der Waals surface area contributed by atoms with E-state index >= 15 is 0 Å². The standard InChI is InChI=1S/C11H8O4S4/c1-15-11(14)9-7(3-5-17-9)19-18-6-2-4-16-8(6)10(12)13/h2-5H,1H3,(H,12,13)/p-1. The average Bonchev–Trinajstić information content (AvgIpc) is 3.03. The van der Waals surface area contributed by atoms with Gasteiger partial charge in [0.15, 0.2) is 0 Å². The first-order chi connectivity index (χ1) is 9.13. The fraction of sp³-hybridized carbons (Fsp3) is 0.0909. The predicted molar refractivity (Wildman–Crippen MR) is 76.0 cm³/mol. The lowest BCUT2D eigenvalue weighted by Crippen LogP contribution is -2.21. The quantitative estimate of drug-likeness (QED) is 0.620. The highest BCUT2D eigenvalue weighted by molar-refractivity contribution is 8.76. The van der Waals surface area contributed by atoms with Gasteiger partial charge in [0, 0.05) is 9.79 Å². The number of aromatic carboxylic acids is 1. The Balaban J connectivity index is 2.11. The van der Waals surface area contributed by atoms with E-state index in [1.165, 1.54) is 40.0 Å². The number of esters is 1. The molecule has 0 saturated heterocycles. The maximum Gasteiger partial charge on any atom is 0.349 e. The smallest absolute Gasteiger partial charge is 0.349 e. The van der Waals surface area contributed by atoms with Crippen molar-refractivity contribution in [2.24, 2.45) is 0 Å². The van der Waals surface area contributed by atoms with Crippen LogP contribution in [0.3, 0.4) is 0 Å². The first-order valence-corrected chi connectivity index (χ1v) is 8.83. The van der Waals surface area contributed by atoms with Gasteiger partial charge in [-0.1, -0.05) is 21.6 Å². The van der Waals surface area contributed by atoms with Gasteiger partial charge < -0.3 is 14.6 Å². The molecule has 0 amide bonds. The molecule has 0 atom stereocenters. The second-order valence-electron chi connectivity index (χ2n) is 3.17. The molecule has 100 valence electrons. The fourth-order valence-electron chi connectivity index (χ4n) is 1.21. The van der Waals surface area contributed by atoms with E-state index in [0.29, 0.717) is 9.77 Å². The van der Waals surface area contributed by atoms with E-state index in [1.54, 1.807) is 22.9 Å². The summed E-state index contributed by atoms with van der Waals surface area (Å²) in [5, 5.41) is 14.4. The fourth-order valence-corrected chi connectivity index (χ4v) is 5.68. The largest absolute Gasteiger partial charge is 0.544 e. The van der Waals surface area contributed by atoms with Crippen LogP contribution in [0.15, 0.2) is 32.7 Å². The summed E-state index contributed by atoms with van der Waals surface area (Å²) >= 11 is 2.42. The van der Waals surface area contributed by atoms with Crippen molar-refractivity contribution in [3.63, 3.8) is 0 Å². The molecule has 0 spiro atoms. The molecule has 0 aliphatic rings. The lowest BCUT2D eigenvalue weighted by molar-refractivity contribution is -0.254. The molecular formula is C11H7O4S4-. The second kappa shape index (κ2) is 6.47. The van der Waals surface area contributed by atoms with Gasteiger partial charge >= 0.3 is 5.97 Å². The van der Waals surface area contributed by atoms with Crippen LogP contribution >= 0.6 is 44.3 Å². The van der Waals surface area contributed by atoms with Crippen LogP contribution in [-0.2, 0) is 4.74 Å². The number of hydrogen-bond acceptors (Lipinski definition) is 8. The number of methoxy groups -OCH3 is 1. The molecule has 4 nitrogen and oxygen atoms in total. The van der Waals surface area contributed by atoms with Gasteiger partial charge in [0.2, 0.25) is 0 Å². The van der Waals surface area contributed by atoms with Crippen molar-refractivity contribution in [1.82, 2.24) is 0 Å². The van der Waals surface area contributed by atoms with Crippen LogP contribution in [0.1, 0.15) is 19.3 Å². The second-order valence-corrected chi connectivity index (χ2v) is 7.22. The first-order valence-electron chi connectivity index (χ1n) is 4.92. The Morgan fingerprint density at radius 3 is 2.16 bits per heavy atom. The molecule has 0 aliphatic carbocycles. The maximum atomic E-state index is 11.5. The maximum absolute atomic E-state index is 11.5. The van der Waals surface area contributed by atoms with Crippen LogP contribution < -0.4 is 5.11 Å². The van der Waals surface area contributed by atoms with Crippen LogP contribution in [-0.4, -0.2) is 19.0 Å². The normalized spacial score (nSPS) is 10.4. The van der Waals surface area contributed by atoms with E-state index in [2.05, 4.69) is 4.74 Å². The van der Waals surface area contributed by atoms with Gasteiger partial charge in [-0.05, 0) is 22.9 Å². The summed E-state index contributed by atoms with van der Waals surface area (Å²) in [4.78, 5) is 24.5. The Bertz CT molecular complexity index is 601. The zero-order valence-corrected chi connectivity index (χ0v) is 12.8. The number of carboxylic acids is 1.